The highest BCUT2D eigenvalue weighted by Crippen LogP contribution is 2.33. The van der Waals surface area contributed by atoms with Gasteiger partial charge in [0.2, 0.25) is 5.91 Å². The summed E-state index contributed by atoms with van der Waals surface area (Å²) in [7, 11) is 0. The molecule has 1 heterocycles. The normalized spacial score (nSPS) is 20.8. The maximum absolute atomic E-state index is 12.8. The molecule has 3 rings (SSSR count). The quantitative estimate of drug-likeness (QED) is 0.780. The number of rotatable bonds is 1. The number of carbonyl (C=O) groups is 3. The maximum atomic E-state index is 12.8. The number of hydrogen-bond donors (Lipinski definition) is 1. The molecule has 1 fully saturated rings. The van der Waals surface area contributed by atoms with Crippen molar-refractivity contribution in [1.82, 2.24) is 9.80 Å². The molecule has 6 nitrogen and oxygen atoms in total. The maximum Gasteiger partial charge on any atom is 0.394 e. The van der Waals surface area contributed by atoms with Crippen molar-refractivity contribution >= 4 is 17.8 Å². The van der Waals surface area contributed by atoms with Gasteiger partial charge < -0.3 is 14.9 Å². The van der Waals surface area contributed by atoms with E-state index in [1.807, 2.05) is 18.2 Å². The van der Waals surface area contributed by atoms with Gasteiger partial charge in [-0.25, -0.2) is 4.79 Å². The lowest BCUT2D eigenvalue weighted by Crippen LogP contribution is -2.53. The van der Waals surface area contributed by atoms with E-state index in [0.29, 0.717) is 13.1 Å². The van der Waals surface area contributed by atoms with Gasteiger partial charge >= 0.3 is 11.9 Å². The Labute approximate surface area is 134 Å². The molecule has 1 aliphatic heterocycles. The molecule has 0 bridgehead atoms. The van der Waals surface area contributed by atoms with Gasteiger partial charge in [0.1, 0.15) is 0 Å². The molecule has 1 aromatic rings. The standard InChI is InChI=1S/C17H20N2O4/c20-15(14-7-3-5-12-4-1-2-6-13(12)14)18-8-10-19(11-9-18)16(21)17(22)23/h1-2,4,6,14H,3,5,7-11H2,(H,22,23). The Morgan fingerprint density at radius 3 is 2.35 bits per heavy atom. The largest absolute Gasteiger partial charge is 0.474 e. The van der Waals surface area contributed by atoms with Gasteiger partial charge in [0.25, 0.3) is 0 Å². The molecule has 122 valence electrons. The molecule has 2 aliphatic rings. The summed E-state index contributed by atoms with van der Waals surface area (Å²) >= 11 is 0. The number of aliphatic carboxylic acids is 1. The molecule has 1 N–H and O–H groups in total. The summed E-state index contributed by atoms with van der Waals surface area (Å²) in [4.78, 5) is 38.1. The van der Waals surface area contributed by atoms with Gasteiger partial charge in [0.15, 0.2) is 0 Å². The van der Waals surface area contributed by atoms with E-state index < -0.39 is 11.9 Å². The molecule has 2 amide bonds. The molecule has 1 unspecified atom stereocenters. The summed E-state index contributed by atoms with van der Waals surface area (Å²) in [6, 6.07) is 8.08. The van der Waals surface area contributed by atoms with Crippen LogP contribution in [-0.2, 0) is 20.8 Å². The van der Waals surface area contributed by atoms with Crippen molar-refractivity contribution in [3.63, 3.8) is 0 Å². The summed E-state index contributed by atoms with van der Waals surface area (Å²) in [6.07, 6.45) is 2.87. The summed E-state index contributed by atoms with van der Waals surface area (Å²) < 4.78 is 0. The van der Waals surface area contributed by atoms with Crippen molar-refractivity contribution in [1.29, 1.82) is 0 Å². The molecule has 0 aromatic heterocycles. The third-order valence-electron chi connectivity index (χ3n) is 4.73. The highest BCUT2D eigenvalue weighted by atomic mass is 16.4. The van der Waals surface area contributed by atoms with Gasteiger partial charge in [-0.2, -0.15) is 0 Å². The van der Waals surface area contributed by atoms with Crippen LogP contribution in [0.1, 0.15) is 29.9 Å². The van der Waals surface area contributed by atoms with Gasteiger partial charge in [0.05, 0.1) is 5.92 Å². The minimum atomic E-state index is -1.44. The Morgan fingerprint density at radius 2 is 1.65 bits per heavy atom. The number of fused-ring (bicyclic) bond motifs is 1. The van der Waals surface area contributed by atoms with Crippen molar-refractivity contribution in [3.05, 3.63) is 35.4 Å². The molecule has 0 spiro atoms. The number of amides is 2. The smallest absolute Gasteiger partial charge is 0.394 e. The first-order valence-corrected chi connectivity index (χ1v) is 7.96. The lowest BCUT2D eigenvalue weighted by molar-refractivity contribution is -0.157. The minimum Gasteiger partial charge on any atom is -0.474 e. The fraction of sp³-hybridized carbons (Fsp3) is 0.471. The average Bonchev–Trinajstić information content (AvgIpc) is 2.60. The zero-order valence-electron chi connectivity index (χ0n) is 12.9. The zero-order valence-corrected chi connectivity index (χ0v) is 12.9. The van der Waals surface area contributed by atoms with Crippen molar-refractivity contribution in [3.8, 4) is 0 Å². The van der Waals surface area contributed by atoms with E-state index in [4.69, 9.17) is 5.11 Å². The SMILES string of the molecule is O=C(O)C(=O)N1CCN(C(=O)C2CCCc3ccccc32)CC1. The zero-order chi connectivity index (χ0) is 16.4. The Kier molecular flexibility index (Phi) is 4.32. The molecular formula is C17H20N2O4. The van der Waals surface area contributed by atoms with Crippen LogP contribution in [0.5, 0.6) is 0 Å². The van der Waals surface area contributed by atoms with Gasteiger partial charge in [0, 0.05) is 26.2 Å². The summed E-state index contributed by atoms with van der Waals surface area (Å²) in [5.41, 5.74) is 2.37. The summed E-state index contributed by atoms with van der Waals surface area (Å²) in [5, 5.41) is 8.75. The van der Waals surface area contributed by atoms with E-state index in [2.05, 4.69) is 6.07 Å². The molecule has 0 saturated carbocycles. The number of aryl methyl sites for hydroxylation is 1. The fourth-order valence-electron chi connectivity index (χ4n) is 3.50. The van der Waals surface area contributed by atoms with E-state index in [1.165, 1.54) is 10.5 Å². The van der Waals surface area contributed by atoms with Crippen LogP contribution in [0.15, 0.2) is 24.3 Å². The van der Waals surface area contributed by atoms with Crippen LogP contribution in [0.25, 0.3) is 0 Å². The number of benzene rings is 1. The Hall–Kier alpha value is -2.37. The van der Waals surface area contributed by atoms with Crippen LogP contribution in [0.3, 0.4) is 0 Å². The predicted molar refractivity (Wildman–Crippen MR) is 82.9 cm³/mol. The second-order valence-electron chi connectivity index (χ2n) is 6.07. The van der Waals surface area contributed by atoms with E-state index in [9.17, 15) is 14.4 Å². The molecule has 0 radical (unpaired) electrons. The van der Waals surface area contributed by atoms with Crippen LogP contribution in [-0.4, -0.2) is 58.9 Å². The van der Waals surface area contributed by atoms with E-state index in [-0.39, 0.29) is 24.9 Å². The second kappa shape index (κ2) is 6.40. The lowest BCUT2D eigenvalue weighted by Gasteiger charge is -2.37. The number of carbonyl (C=O) groups excluding carboxylic acids is 2. The molecule has 1 aliphatic carbocycles. The first-order chi connectivity index (χ1) is 11.1. The Bertz CT molecular complexity index is 635. The number of piperazine rings is 1. The predicted octanol–water partition coefficient (Wildman–Crippen LogP) is 0.862. The van der Waals surface area contributed by atoms with Gasteiger partial charge in [-0.05, 0) is 30.4 Å². The highest BCUT2D eigenvalue weighted by molar-refractivity contribution is 6.31. The van der Waals surface area contributed by atoms with Crippen LogP contribution < -0.4 is 0 Å². The summed E-state index contributed by atoms with van der Waals surface area (Å²) in [5.74, 6) is -2.34. The van der Waals surface area contributed by atoms with Crippen molar-refractivity contribution in [2.75, 3.05) is 26.2 Å². The third kappa shape index (κ3) is 3.06. The number of carboxylic acid groups (broad SMARTS) is 1. The molecule has 1 aromatic carbocycles. The number of nitrogens with zero attached hydrogens (tertiary/aromatic N) is 2. The van der Waals surface area contributed by atoms with Gasteiger partial charge in [-0.3, -0.25) is 9.59 Å². The topological polar surface area (TPSA) is 77.9 Å². The number of carboxylic acids is 1. The van der Waals surface area contributed by atoms with E-state index >= 15 is 0 Å². The van der Waals surface area contributed by atoms with E-state index in [1.54, 1.807) is 4.90 Å². The van der Waals surface area contributed by atoms with Crippen molar-refractivity contribution in [2.45, 2.75) is 25.2 Å². The van der Waals surface area contributed by atoms with Gasteiger partial charge in [-0.1, -0.05) is 24.3 Å². The van der Waals surface area contributed by atoms with Crippen LogP contribution in [0, 0.1) is 0 Å². The van der Waals surface area contributed by atoms with Crippen LogP contribution >= 0.6 is 0 Å². The first kappa shape index (κ1) is 15.5. The Balaban J connectivity index is 1.67. The Morgan fingerprint density at radius 1 is 1.00 bits per heavy atom. The second-order valence-corrected chi connectivity index (χ2v) is 6.07. The highest BCUT2D eigenvalue weighted by Gasteiger charge is 2.33. The van der Waals surface area contributed by atoms with Crippen molar-refractivity contribution < 1.29 is 19.5 Å². The van der Waals surface area contributed by atoms with Crippen LogP contribution in [0.2, 0.25) is 0 Å². The average molecular weight is 316 g/mol. The molecule has 1 atom stereocenters. The minimum absolute atomic E-state index is 0.0968. The molecular weight excluding hydrogens is 296 g/mol. The molecule has 6 heteroatoms. The van der Waals surface area contributed by atoms with Gasteiger partial charge in [-0.15, -0.1) is 0 Å². The fourth-order valence-corrected chi connectivity index (χ4v) is 3.50. The van der Waals surface area contributed by atoms with E-state index in [0.717, 1.165) is 24.8 Å². The lowest BCUT2D eigenvalue weighted by atomic mass is 9.82. The summed E-state index contributed by atoms with van der Waals surface area (Å²) in [6.45, 7) is 1.36. The monoisotopic (exact) mass is 316 g/mol. The molecule has 1 saturated heterocycles. The van der Waals surface area contributed by atoms with Crippen LogP contribution in [0.4, 0.5) is 0 Å². The van der Waals surface area contributed by atoms with Crippen molar-refractivity contribution in [2.24, 2.45) is 0 Å². The molecule has 23 heavy (non-hydrogen) atoms. The third-order valence-corrected chi connectivity index (χ3v) is 4.73. The number of hydrogen-bond acceptors (Lipinski definition) is 3. The first-order valence-electron chi connectivity index (χ1n) is 7.96.